The molecule has 4 nitrogen and oxygen atoms in total. The van der Waals surface area contributed by atoms with Crippen LogP contribution in [0.15, 0.2) is 53.0 Å². The van der Waals surface area contributed by atoms with Crippen molar-refractivity contribution >= 4 is 27.7 Å². The van der Waals surface area contributed by atoms with E-state index in [0.717, 1.165) is 10.0 Å². The van der Waals surface area contributed by atoms with E-state index in [0.29, 0.717) is 6.42 Å². The highest BCUT2D eigenvalue weighted by Crippen LogP contribution is 2.12. The van der Waals surface area contributed by atoms with Crippen molar-refractivity contribution in [2.24, 2.45) is 0 Å². The predicted octanol–water partition coefficient (Wildman–Crippen LogP) is 2.98. The number of benzene rings is 2. The van der Waals surface area contributed by atoms with Gasteiger partial charge < -0.3 is 0 Å². The fourth-order valence-corrected chi connectivity index (χ4v) is 2.30. The molecule has 0 spiro atoms. The minimum Gasteiger partial charge on any atom is -0.273 e. The van der Waals surface area contributed by atoms with Gasteiger partial charge in [-0.1, -0.05) is 40.2 Å². The maximum atomic E-state index is 13.4. The van der Waals surface area contributed by atoms with Crippen LogP contribution in [0.1, 0.15) is 22.3 Å². The zero-order valence-corrected chi connectivity index (χ0v) is 13.2. The first kappa shape index (κ1) is 16.2. The monoisotopic (exact) mass is 364 g/mol. The fourth-order valence-electron chi connectivity index (χ4n) is 1.85. The van der Waals surface area contributed by atoms with E-state index in [1.165, 1.54) is 18.2 Å². The molecule has 0 saturated carbocycles. The van der Waals surface area contributed by atoms with Crippen LogP contribution in [0.4, 0.5) is 4.39 Å². The summed E-state index contributed by atoms with van der Waals surface area (Å²) in [6.07, 6.45) is 0.759. The van der Waals surface area contributed by atoms with Gasteiger partial charge in [0.1, 0.15) is 5.82 Å². The average molecular weight is 365 g/mol. The van der Waals surface area contributed by atoms with Crippen molar-refractivity contribution in [2.45, 2.75) is 12.8 Å². The highest BCUT2D eigenvalue weighted by molar-refractivity contribution is 9.10. The van der Waals surface area contributed by atoms with Gasteiger partial charge in [-0.25, -0.2) is 4.39 Å². The third kappa shape index (κ3) is 4.66. The molecule has 0 heterocycles. The van der Waals surface area contributed by atoms with Gasteiger partial charge in [-0.15, -0.1) is 0 Å². The molecule has 0 saturated heterocycles. The van der Waals surface area contributed by atoms with Gasteiger partial charge in [0.15, 0.2) is 0 Å². The largest absolute Gasteiger partial charge is 0.273 e. The van der Waals surface area contributed by atoms with Crippen LogP contribution in [0.2, 0.25) is 0 Å². The van der Waals surface area contributed by atoms with E-state index in [1.54, 1.807) is 6.07 Å². The molecule has 0 unspecified atom stereocenters. The van der Waals surface area contributed by atoms with E-state index in [-0.39, 0.29) is 17.9 Å². The number of hydrazine groups is 1. The number of carbonyl (C=O) groups is 2. The van der Waals surface area contributed by atoms with Crippen LogP contribution in [0.25, 0.3) is 0 Å². The third-order valence-electron chi connectivity index (χ3n) is 2.96. The first-order valence-corrected chi connectivity index (χ1v) is 7.44. The molecule has 0 fully saturated rings. The van der Waals surface area contributed by atoms with E-state index in [9.17, 15) is 14.0 Å². The van der Waals surface area contributed by atoms with Gasteiger partial charge in [-0.2, -0.15) is 0 Å². The number of carbonyl (C=O) groups excluding carboxylic acids is 2. The van der Waals surface area contributed by atoms with Crippen LogP contribution in [0.3, 0.4) is 0 Å². The van der Waals surface area contributed by atoms with Crippen molar-refractivity contribution in [1.82, 2.24) is 10.9 Å². The standard InChI is InChI=1S/C16H14BrFN2O2/c17-12-5-3-4-11(10-12)8-9-15(21)19-20-16(22)13-6-1-2-7-14(13)18/h1-7,10H,8-9H2,(H,19,21)(H,20,22). The van der Waals surface area contributed by atoms with Crippen molar-refractivity contribution < 1.29 is 14.0 Å². The Bertz CT molecular complexity index is 691. The minimum absolute atomic E-state index is 0.116. The third-order valence-corrected chi connectivity index (χ3v) is 3.46. The van der Waals surface area contributed by atoms with Gasteiger partial charge in [0.2, 0.25) is 5.91 Å². The zero-order chi connectivity index (χ0) is 15.9. The van der Waals surface area contributed by atoms with E-state index < -0.39 is 11.7 Å². The Morgan fingerprint density at radius 1 is 1.05 bits per heavy atom. The van der Waals surface area contributed by atoms with Gasteiger partial charge in [0, 0.05) is 10.9 Å². The van der Waals surface area contributed by atoms with Crippen LogP contribution in [0, 0.1) is 5.82 Å². The number of amides is 2. The maximum absolute atomic E-state index is 13.4. The molecule has 2 amide bonds. The molecule has 0 atom stereocenters. The topological polar surface area (TPSA) is 58.2 Å². The van der Waals surface area contributed by atoms with Crippen molar-refractivity contribution in [3.05, 3.63) is 69.9 Å². The Morgan fingerprint density at radius 2 is 1.82 bits per heavy atom. The summed E-state index contributed by atoms with van der Waals surface area (Å²) >= 11 is 3.36. The van der Waals surface area contributed by atoms with Crippen molar-refractivity contribution in [3.8, 4) is 0 Å². The minimum atomic E-state index is -0.686. The van der Waals surface area contributed by atoms with E-state index in [2.05, 4.69) is 26.8 Å². The summed E-state index contributed by atoms with van der Waals surface area (Å²) < 4.78 is 14.3. The normalized spacial score (nSPS) is 10.1. The lowest BCUT2D eigenvalue weighted by Crippen LogP contribution is -2.42. The second-order valence-corrected chi connectivity index (χ2v) is 5.53. The number of rotatable bonds is 4. The Morgan fingerprint density at radius 3 is 2.55 bits per heavy atom. The van der Waals surface area contributed by atoms with Crippen LogP contribution in [-0.2, 0) is 11.2 Å². The lowest BCUT2D eigenvalue weighted by atomic mass is 10.1. The molecular formula is C16H14BrFN2O2. The first-order chi connectivity index (χ1) is 10.6. The summed E-state index contributed by atoms with van der Waals surface area (Å²) in [5, 5.41) is 0. The molecule has 2 aromatic carbocycles. The molecule has 22 heavy (non-hydrogen) atoms. The summed E-state index contributed by atoms with van der Waals surface area (Å²) in [7, 11) is 0. The number of aryl methyl sites for hydroxylation is 1. The molecule has 114 valence electrons. The molecule has 0 aliphatic rings. The fraction of sp³-hybridized carbons (Fsp3) is 0.125. The Kier molecular flexibility index (Phi) is 5.66. The highest BCUT2D eigenvalue weighted by atomic mass is 79.9. The molecule has 2 N–H and O–H groups in total. The Hall–Kier alpha value is -2.21. The Balaban J connectivity index is 1.81. The van der Waals surface area contributed by atoms with E-state index >= 15 is 0 Å². The predicted molar refractivity (Wildman–Crippen MR) is 84.5 cm³/mol. The van der Waals surface area contributed by atoms with Gasteiger partial charge in [0.25, 0.3) is 5.91 Å². The second-order valence-electron chi connectivity index (χ2n) is 4.61. The maximum Gasteiger partial charge on any atom is 0.272 e. The Labute approximate surface area is 135 Å². The number of halogens is 2. The molecular weight excluding hydrogens is 351 g/mol. The first-order valence-electron chi connectivity index (χ1n) is 6.64. The van der Waals surface area contributed by atoms with Crippen molar-refractivity contribution in [3.63, 3.8) is 0 Å². The second kappa shape index (κ2) is 7.70. The molecule has 0 aliphatic carbocycles. The summed E-state index contributed by atoms with van der Waals surface area (Å²) in [6, 6.07) is 13.2. The number of nitrogens with one attached hydrogen (secondary N) is 2. The van der Waals surface area contributed by atoms with Crippen LogP contribution in [0.5, 0.6) is 0 Å². The smallest absolute Gasteiger partial charge is 0.272 e. The van der Waals surface area contributed by atoms with Gasteiger partial charge in [-0.3, -0.25) is 20.4 Å². The van der Waals surface area contributed by atoms with Gasteiger partial charge in [0.05, 0.1) is 5.56 Å². The summed E-state index contributed by atoms with van der Waals surface area (Å²) in [6.45, 7) is 0. The van der Waals surface area contributed by atoms with Crippen LogP contribution < -0.4 is 10.9 Å². The zero-order valence-electron chi connectivity index (χ0n) is 11.6. The summed E-state index contributed by atoms with van der Waals surface area (Å²) in [5.41, 5.74) is 5.36. The molecule has 0 aromatic heterocycles. The molecule has 2 aromatic rings. The van der Waals surface area contributed by atoms with E-state index in [4.69, 9.17) is 0 Å². The summed E-state index contributed by atoms with van der Waals surface area (Å²) in [5.74, 6) is -1.66. The molecule has 6 heteroatoms. The molecule has 0 bridgehead atoms. The van der Waals surface area contributed by atoms with Crippen molar-refractivity contribution in [1.29, 1.82) is 0 Å². The van der Waals surface area contributed by atoms with Gasteiger partial charge >= 0.3 is 0 Å². The number of hydrogen-bond acceptors (Lipinski definition) is 2. The van der Waals surface area contributed by atoms with Crippen LogP contribution in [-0.4, -0.2) is 11.8 Å². The van der Waals surface area contributed by atoms with Gasteiger partial charge in [-0.05, 0) is 36.2 Å². The molecule has 2 rings (SSSR count). The lowest BCUT2D eigenvalue weighted by molar-refractivity contribution is -0.121. The molecule has 0 radical (unpaired) electrons. The average Bonchev–Trinajstić information content (AvgIpc) is 2.51. The SMILES string of the molecule is O=C(CCc1cccc(Br)c1)NNC(=O)c1ccccc1F. The highest BCUT2D eigenvalue weighted by Gasteiger charge is 2.11. The number of hydrogen-bond donors (Lipinski definition) is 2. The van der Waals surface area contributed by atoms with E-state index in [1.807, 2.05) is 24.3 Å². The van der Waals surface area contributed by atoms with Crippen LogP contribution >= 0.6 is 15.9 Å². The summed E-state index contributed by atoms with van der Waals surface area (Å²) in [4.78, 5) is 23.4. The molecule has 0 aliphatic heterocycles. The quantitative estimate of drug-likeness (QED) is 0.819. The lowest BCUT2D eigenvalue weighted by Gasteiger charge is -2.08. The van der Waals surface area contributed by atoms with Crippen molar-refractivity contribution in [2.75, 3.05) is 0 Å².